The third kappa shape index (κ3) is 4.54. The van der Waals surface area contributed by atoms with Crippen LogP contribution in [-0.2, 0) is 4.74 Å². The molecule has 6 atom stereocenters. The molecule has 0 aromatic carbocycles. The van der Waals surface area contributed by atoms with Gasteiger partial charge in [0.15, 0.2) is 0 Å². The summed E-state index contributed by atoms with van der Waals surface area (Å²) in [6, 6.07) is 0. The van der Waals surface area contributed by atoms with Gasteiger partial charge in [0.1, 0.15) is 6.61 Å². The van der Waals surface area contributed by atoms with E-state index in [1.165, 1.54) is 77.0 Å². The number of rotatable bonds is 9. The molecule has 0 heterocycles. The summed E-state index contributed by atoms with van der Waals surface area (Å²) in [5.74, 6) is 4.30. The van der Waals surface area contributed by atoms with Crippen LogP contribution in [0, 0.1) is 57.4 Å². The first-order chi connectivity index (χ1) is 14.7. The van der Waals surface area contributed by atoms with Crippen LogP contribution in [0.15, 0.2) is 0 Å². The molecule has 178 valence electrons. The molecule has 0 N–H and O–H groups in total. The van der Waals surface area contributed by atoms with Crippen LogP contribution in [0.3, 0.4) is 0 Å². The molecular formula is C29H51NO. The molecule has 0 bridgehead atoms. The normalized spacial score (nSPS) is 38.5. The average Bonchev–Trinajstić information content (AvgIpc) is 3.03. The van der Waals surface area contributed by atoms with Crippen LogP contribution >= 0.6 is 0 Å². The molecule has 0 amide bonds. The summed E-state index contributed by atoms with van der Waals surface area (Å²) >= 11 is 0. The van der Waals surface area contributed by atoms with E-state index in [1.807, 2.05) is 6.26 Å². The molecule has 0 aliphatic heterocycles. The molecule has 3 aliphatic rings. The molecule has 0 saturated heterocycles. The minimum atomic E-state index is 0.469. The second kappa shape index (κ2) is 10.1. The Labute approximate surface area is 193 Å². The van der Waals surface area contributed by atoms with Crippen molar-refractivity contribution >= 4 is 0 Å². The van der Waals surface area contributed by atoms with E-state index in [4.69, 9.17) is 10.00 Å². The van der Waals surface area contributed by atoms with Crippen molar-refractivity contribution in [1.29, 1.82) is 5.26 Å². The molecule has 3 saturated carbocycles. The SMILES string of the molecule is CC[C@@H](CC1CCCC2(C)C(CCCOC#N)CCC12C(C)C)C1CCCCC1(C)C. The molecule has 0 aromatic heterocycles. The molecule has 3 rings (SSSR count). The first kappa shape index (κ1) is 24.9. The highest BCUT2D eigenvalue weighted by Gasteiger charge is 2.62. The summed E-state index contributed by atoms with van der Waals surface area (Å²) in [5.41, 5.74) is 1.51. The van der Waals surface area contributed by atoms with E-state index in [0.29, 0.717) is 22.9 Å². The van der Waals surface area contributed by atoms with Gasteiger partial charge in [-0.15, -0.1) is 0 Å². The Morgan fingerprint density at radius 3 is 2.39 bits per heavy atom. The van der Waals surface area contributed by atoms with Crippen LogP contribution in [-0.4, -0.2) is 6.61 Å². The first-order valence-electron chi connectivity index (χ1n) is 13.7. The summed E-state index contributed by atoms with van der Waals surface area (Å²) in [5, 5.41) is 8.72. The van der Waals surface area contributed by atoms with Crippen LogP contribution < -0.4 is 0 Å². The fraction of sp³-hybridized carbons (Fsp3) is 0.966. The molecule has 2 nitrogen and oxygen atoms in total. The average molecular weight is 430 g/mol. The maximum Gasteiger partial charge on any atom is 0.286 e. The number of fused-ring (bicyclic) bond motifs is 1. The van der Waals surface area contributed by atoms with Gasteiger partial charge >= 0.3 is 0 Å². The van der Waals surface area contributed by atoms with Gasteiger partial charge in [0.2, 0.25) is 0 Å². The summed E-state index contributed by atoms with van der Waals surface area (Å²) in [6.07, 6.45) is 19.9. The van der Waals surface area contributed by atoms with E-state index in [2.05, 4.69) is 41.5 Å². The fourth-order valence-electron chi connectivity index (χ4n) is 9.51. The van der Waals surface area contributed by atoms with Crippen molar-refractivity contribution in [3.05, 3.63) is 0 Å². The molecule has 3 fully saturated rings. The van der Waals surface area contributed by atoms with Crippen molar-refractivity contribution in [3.63, 3.8) is 0 Å². The van der Waals surface area contributed by atoms with Gasteiger partial charge in [0.05, 0.1) is 0 Å². The highest BCUT2D eigenvalue weighted by Crippen LogP contribution is 2.70. The Bertz CT molecular complexity index is 619. The van der Waals surface area contributed by atoms with Gasteiger partial charge in [-0.25, -0.2) is 0 Å². The third-order valence-corrected chi connectivity index (χ3v) is 11.0. The summed E-state index contributed by atoms with van der Waals surface area (Å²) in [7, 11) is 0. The van der Waals surface area contributed by atoms with Gasteiger partial charge in [-0.05, 0) is 104 Å². The summed E-state index contributed by atoms with van der Waals surface area (Å²) < 4.78 is 5.02. The molecule has 0 aromatic rings. The van der Waals surface area contributed by atoms with E-state index in [0.717, 1.165) is 36.0 Å². The molecule has 3 aliphatic carbocycles. The standard InChI is InChI=1S/C29H51NO/c1-7-23(26-14-8-9-16-27(26,4)5)20-25-12-10-17-28(6)24(13-11-19-31-21-30)15-18-29(25,28)22(2)3/h22-26H,7-20H2,1-6H3/t23-,24?,25?,26?,28?,29?/m0/s1. The van der Waals surface area contributed by atoms with Crippen LogP contribution in [0.25, 0.3) is 0 Å². The van der Waals surface area contributed by atoms with Crippen LogP contribution in [0.5, 0.6) is 0 Å². The zero-order chi connectivity index (χ0) is 22.7. The topological polar surface area (TPSA) is 33.0 Å². The fourth-order valence-corrected chi connectivity index (χ4v) is 9.51. The minimum absolute atomic E-state index is 0.469. The lowest BCUT2D eigenvalue weighted by atomic mass is 9.46. The quantitative estimate of drug-likeness (QED) is 0.271. The molecule has 31 heavy (non-hydrogen) atoms. The summed E-state index contributed by atoms with van der Waals surface area (Å²) in [6.45, 7) is 16.0. The zero-order valence-corrected chi connectivity index (χ0v) is 21.6. The predicted molar refractivity (Wildman–Crippen MR) is 130 cm³/mol. The van der Waals surface area contributed by atoms with Crippen LogP contribution in [0.4, 0.5) is 0 Å². The van der Waals surface area contributed by atoms with Crippen molar-refractivity contribution in [2.24, 2.45) is 45.8 Å². The van der Waals surface area contributed by atoms with Crippen molar-refractivity contribution < 1.29 is 4.74 Å². The van der Waals surface area contributed by atoms with Gasteiger partial charge in [-0.1, -0.05) is 67.2 Å². The Hall–Kier alpha value is -0.710. The van der Waals surface area contributed by atoms with E-state index in [9.17, 15) is 0 Å². The van der Waals surface area contributed by atoms with Gasteiger partial charge in [0.25, 0.3) is 6.26 Å². The molecule has 0 spiro atoms. The Morgan fingerprint density at radius 2 is 1.74 bits per heavy atom. The largest absolute Gasteiger partial charge is 0.428 e. The highest BCUT2D eigenvalue weighted by molar-refractivity contribution is 5.11. The van der Waals surface area contributed by atoms with Crippen molar-refractivity contribution in [2.45, 2.75) is 125 Å². The predicted octanol–water partition coefficient (Wildman–Crippen LogP) is 8.76. The number of hydrogen-bond donors (Lipinski definition) is 0. The monoisotopic (exact) mass is 429 g/mol. The second-order valence-corrected chi connectivity index (χ2v) is 12.8. The molecule has 0 radical (unpaired) electrons. The van der Waals surface area contributed by atoms with E-state index < -0.39 is 0 Å². The van der Waals surface area contributed by atoms with Gasteiger partial charge < -0.3 is 4.74 Å². The van der Waals surface area contributed by atoms with E-state index in [1.54, 1.807) is 0 Å². The zero-order valence-electron chi connectivity index (χ0n) is 21.6. The van der Waals surface area contributed by atoms with Crippen molar-refractivity contribution in [1.82, 2.24) is 0 Å². The molecule has 2 heteroatoms. The van der Waals surface area contributed by atoms with E-state index >= 15 is 0 Å². The van der Waals surface area contributed by atoms with Gasteiger partial charge in [0, 0.05) is 0 Å². The molecular weight excluding hydrogens is 378 g/mol. The Morgan fingerprint density at radius 1 is 0.968 bits per heavy atom. The van der Waals surface area contributed by atoms with Crippen molar-refractivity contribution in [2.75, 3.05) is 6.61 Å². The van der Waals surface area contributed by atoms with Crippen molar-refractivity contribution in [3.8, 4) is 6.26 Å². The van der Waals surface area contributed by atoms with Gasteiger partial charge in [-0.2, -0.15) is 5.26 Å². The number of nitrogens with zero attached hydrogens (tertiary/aromatic N) is 1. The maximum atomic E-state index is 8.72. The van der Waals surface area contributed by atoms with E-state index in [-0.39, 0.29) is 0 Å². The third-order valence-electron chi connectivity index (χ3n) is 11.0. The van der Waals surface area contributed by atoms with Crippen LogP contribution in [0.1, 0.15) is 125 Å². The number of nitriles is 1. The lowest BCUT2D eigenvalue weighted by molar-refractivity contribution is -0.0999. The minimum Gasteiger partial charge on any atom is -0.428 e. The molecule has 5 unspecified atom stereocenters. The maximum absolute atomic E-state index is 8.72. The van der Waals surface area contributed by atoms with Gasteiger partial charge in [-0.3, -0.25) is 0 Å². The highest BCUT2D eigenvalue weighted by atomic mass is 16.5. The lowest BCUT2D eigenvalue weighted by Gasteiger charge is -2.59. The lowest BCUT2D eigenvalue weighted by Crippen LogP contribution is -2.51. The number of ether oxygens (including phenoxy) is 1. The van der Waals surface area contributed by atoms with Crippen LogP contribution in [0.2, 0.25) is 0 Å². The smallest absolute Gasteiger partial charge is 0.286 e. The Kier molecular flexibility index (Phi) is 8.08. The second-order valence-electron chi connectivity index (χ2n) is 12.8. The number of hydrogen-bond acceptors (Lipinski definition) is 2. The summed E-state index contributed by atoms with van der Waals surface area (Å²) in [4.78, 5) is 0. The first-order valence-corrected chi connectivity index (χ1v) is 13.7. The Balaban J connectivity index is 1.81.